The molecule has 2 N–H and O–H groups in total. The van der Waals surface area contributed by atoms with E-state index in [2.05, 4.69) is 21.2 Å². The van der Waals surface area contributed by atoms with Gasteiger partial charge in [0, 0.05) is 28.9 Å². The molecule has 25 heavy (non-hydrogen) atoms. The van der Waals surface area contributed by atoms with Crippen LogP contribution < -0.4 is 10.9 Å². The molecule has 0 bridgehead atoms. The second-order valence-corrected chi connectivity index (χ2v) is 6.89. The van der Waals surface area contributed by atoms with Gasteiger partial charge in [-0.3, -0.25) is 4.79 Å². The number of aliphatic hydroxyl groups is 1. The molecule has 1 unspecified atom stereocenters. The van der Waals surface area contributed by atoms with Gasteiger partial charge < -0.3 is 19.7 Å². The zero-order chi connectivity index (χ0) is 18.1. The van der Waals surface area contributed by atoms with Gasteiger partial charge in [-0.15, -0.1) is 0 Å². The third-order valence-corrected chi connectivity index (χ3v) is 4.90. The van der Waals surface area contributed by atoms with Crippen LogP contribution in [-0.2, 0) is 17.7 Å². The number of nitrogens with zero attached hydrogens (tertiary/aromatic N) is 1. The molecule has 2 aromatic rings. The van der Waals surface area contributed by atoms with Crippen molar-refractivity contribution in [2.45, 2.75) is 39.5 Å². The number of halogens is 2. The zero-order valence-electron chi connectivity index (χ0n) is 14.1. The Kier molecular flexibility index (Phi) is 5.27. The van der Waals surface area contributed by atoms with Crippen molar-refractivity contribution in [3.8, 4) is 0 Å². The summed E-state index contributed by atoms with van der Waals surface area (Å²) >= 11 is 3.23. The number of aliphatic hydroxyl groups excluding tert-OH is 1. The Labute approximate surface area is 153 Å². The first-order valence-corrected chi connectivity index (χ1v) is 9.01. The minimum absolute atomic E-state index is 0.125. The lowest BCUT2D eigenvalue weighted by Gasteiger charge is -2.23. The van der Waals surface area contributed by atoms with Crippen LogP contribution in [0.2, 0.25) is 0 Å². The number of pyridine rings is 1. The van der Waals surface area contributed by atoms with Gasteiger partial charge in [-0.1, -0.05) is 15.9 Å². The molecule has 0 amide bonds. The van der Waals surface area contributed by atoms with E-state index in [1.807, 2.05) is 0 Å². The molecule has 0 radical (unpaired) electrons. The first kappa shape index (κ1) is 18.1. The smallest absolute Gasteiger partial charge is 0.255 e. The van der Waals surface area contributed by atoms with E-state index in [1.165, 1.54) is 6.07 Å². The SMILES string of the molecule is CCOC(O)c1c(Nc2ccc(Br)cc2F)c(C)c(=O)n2c1CCC2. The molecular formula is C18H20BrFN2O3. The van der Waals surface area contributed by atoms with Gasteiger partial charge in [-0.05, 0) is 44.9 Å². The number of hydrogen-bond donors (Lipinski definition) is 2. The van der Waals surface area contributed by atoms with Gasteiger partial charge in [0.2, 0.25) is 0 Å². The van der Waals surface area contributed by atoms with Crippen LogP contribution in [0.25, 0.3) is 0 Å². The predicted molar refractivity (Wildman–Crippen MR) is 97.7 cm³/mol. The lowest BCUT2D eigenvalue weighted by Crippen LogP contribution is -2.26. The van der Waals surface area contributed by atoms with Crippen molar-refractivity contribution in [1.29, 1.82) is 0 Å². The summed E-state index contributed by atoms with van der Waals surface area (Å²) in [7, 11) is 0. The number of aromatic nitrogens is 1. The third kappa shape index (κ3) is 3.36. The average molecular weight is 411 g/mol. The summed E-state index contributed by atoms with van der Waals surface area (Å²) < 4.78 is 21.9. The number of ether oxygens (including phenoxy) is 1. The molecule has 3 rings (SSSR count). The summed E-state index contributed by atoms with van der Waals surface area (Å²) in [5, 5.41) is 13.5. The lowest BCUT2D eigenvalue weighted by molar-refractivity contribution is -0.0982. The molecule has 134 valence electrons. The standard InChI is InChI=1S/C18H20BrFN2O3/c1-3-25-18(24)15-14-5-4-8-22(14)17(23)10(2)16(15)21-13-7-6-11(19)9-12(13)20/h6-7,9,18,21,24H,3-5,8H2,1-2H3. The fourth-order valence-electron chi connectivity index (χ4n) is 3.23. The van der Waals surface area contributed by atoms with E-state index in [0.29, 0.717) is 40.9 Å². The van der Waals surface area contributed by atoms with E-state index in [9.17, 15) is 14.3 Å². The molecule has 7 heteroatoms. The van der Waals surface area contributed by atoms with Gasteiger partial charge in [0.1, 0.15) is 5.82 Å². The molecule has 1 aromatic heterocycles. The molecule has 0 fully saturated rings. The van der Waals surface area contributed by atoms with Crippen LogP contribution in [0, 0.1) is 12.7 Å². The van der Waals surface area contributed by atoms with Crippen molar-refractivity contribution < 1.29 is 14.2 Å². The first-order valence-electron chi connectivity index (χ1n) is 8.22. The topological polar surface area (TPSA) is 63.5 Å². The van der Waals surface area contributed by atoms with Gasteiger partial charge in [0.15, 0.2) is 6.29 Å². The number of rotatable bonds is 5. The number of hydrogen-bond acceptors (Lipinski definition) is 4. The fraction of sp³-hybridized carbons (Fsp3) is 0.389. The van der Waals surface area contributed by atoms with Crippen molar-refractivity contribution in [3.05, 3.63) is 55.7 Å². The van der Waals surface area contributed by atoms with Crippen molar-refractivity contribution >= 4 is 27.3 Å². The van der Waals surface area contributed by atoms with Gasteiger partial charge in [0.25, 0.3) is 5.56 Å². The van der Waals surface area contributed by atoms with Gasteiger partial charge in [-0.25, -0.2) is 4.39 Å². The maximum Gasteiger partial charge on any atom is 0.255 e. The average Bonchev–Trinajstić information content (AvgIpc) is 3.04. The fourth-order valence-corrected chi connectivity index (χ4v) is 3.56. The highest BCUT2D eigenvalue weighted by atomic mass is 79.9. The molecular weight excluding hydrogens is 391 g/mol. The van der Waals surface area contributed by atoms with E-state index < -0.39 is 12.1 Å². The normalized spacial score (nSPS) is 14.4. The largest absolute Gasteiger partial charge is 0.364 e. The molecule has 1 aliphatic rings. The molecule has 0 spiro atoms. The van der Waals surface area contributed by atoms with Crippen molar-refractivity contribution in [2.75, 3.05) is 11.9 Å². The maximum atomic E-state index is 14.3. The number of fused-ring (bicyclic) bond motifs is 1. The van der Waals surface area contributed by atoms with E-state index in [4.69, 9.17) is 4.74 Å². The highest BCUT2D eigenvalue weighted by Crippen LogP contribution is 2.35. The molecule has 1 aromatic carbocycles. The summed E-state index contributed by atoms with van der Waals surface area (Å²) in [6, 6.07) is 4.64. The van der Waals surface area contributed by atoms with Crippen LogP contribution in [0.3, 0.4) is 0 Å². The summed E-state index contributed by atoms with van der Waals surface area (Å²) in [4.78, 5) is 12.6. The number of anilines is 2. The molecule has 5 nitrogen and oxygen atoms in total. The lowest BCUT2D eigenvalue weighted by atomic mass is 10.0. The van der Waals surface area contributed by atoms with E-state index >= 15 is 0 Å². The molecule has 1 atom stereocenters. The van der Waals surface area contributed by atoms with Crippen LogP contribution in [0.5, 0.6) is 0 Å². The second kappa shape index (κ2) is 7.27. The van der Waals surface area contributed by atoms with Crippen LogP contribution in [0.15, 0.2) is 27.5 Å². The molecule has 0 saturated carbocycles. The quantitative estimate of drug-likeness (QED) is 0.736. The zero-order valence-corrected chi connectivity index (χ0v) is 15.7. The van der Waals surface area contributed by atoms with Crippen LogP contribution in [0.1, 0.15) is 36.5 Å². The minimum Gasteiger partial charge on any atom is -0.364 e. The van der Waals surface area contributed by atoms with E-state index in [1.54, 1.807) is 30.5 Å². The van der Waals surface area contributed by atoms with E-state index in [-0.39, 0.29) is 11.2 Å². The first-order chi connectivity index (χ1) is 11.9. The van der Waals surface area contributed by atoms with Gasteiger partial charge >= 0.3 is 0 Å². The highest BCUT2D eigenvalue weighted by molar-refractivity contribution is 9.10. The van der Waals surface area contributed by atoms with Gasteiger partial charge in [-0.2, -0.15) is 0 Å². The van der Waals surface area contributed by atoms with Crippen molar-refractivity contribution in [2.24, 2.45) is 0 Å². The van der Waals surface area contributed by atoms with Gasteiger partial charge in [0.05, 0.1) is 16.9 Å². The Bertz CT molecular complexity index is 866. The number of nitrogens with one attached hydrogen (secondary N) is 1. The van der Waals surface area contributed by atoms with E-state index in [0.717, 1.165) is 12.1 Å². The molecule has 0 aliphatic carbocycles. The van der Waals surface area contributed by atoms with Crippen LogP contribution >= 0.6 is 15.9 Å². The Hall–Kier alpha value is -1.70. The van der Waals surface area contributed by atoms with Crippen molar-refractivity contribution in [3.63, 3.8) is 0 Å². The maximum absolute atomic E-state index is 14.3. The summed E-state index contributed by atoms with van der Waals surface area (Å²) in [5.41, 5.74) is 2.22. The monoisotopic (exact) mass is 410 g/mol. The Balaban J connectivity index is 2.17. The number of benzene rings is 1. The third-order valence-electron chi connectivity index (χ3n) is 4.40. The molecule has 1 aliphatic heterocycles. The summed E-state index contributed by atoms with van der Waals surface area (Å²) in [5.74, 6) is -0.453. The minimum atomic E-state index is -1.18. The summed E-state index contributed by atoms with van der Waals surface area (Å²) in [6.45, 7) is 4.40. The summed E-state index contributed by atoms with van der Waals surface area (Å²) in [6.07, 6.45) is 0.327. The Morgan fingerprint density at radius 3 is 2.92 bits per heavy atom. The van der Waals surface area contributed by atoms with Crippen molar-refractivity contribution in [1.82, 2.24) is 4.57 Å². The highest BCUT2D eigenvalue weighted by Gasteiger charge is 2.27. The molecule has 2 heterocycles. The Morgan fingerprint density at radius 2 is 2.24 bits per heavy atom. The second-order valence-electron chi connectivity index (χ2n) is 5.98. The van der Waals surface area contributed by atoms with Crippen LogP contribution in [-0.4, -0.2) is 16.3 Å². The predicted octanol–water partition coefficient (Wildman–Crippen LogP) is 3.78. The van der Waals surface area contributed by atoms with Crippen LogP contribution in [0.4, 0.5) is 15.8 Å². The Morgan fingerprint density at radius 1 is 1.48 bits per heavy atom. The molecule has 0 saturated heterocycles.